The second-order valence-electron chi connectivity index (χ2n) is 8.49. The lowest BCUT2D eigenvalue weighted by molar-refractivity contribution is -0.277. The van der Waals surface area contributed by atoms with E-state index in [9.17, 15) is 30.2 Å². The second-order valence-corrected chi connectivity index (χ2v) is 13.3. The number of aromatic amines is 1. The van der Waals surface area contributed by atoms with Crippen molar-refractivity contribution in [3.8, 4) is 6.07 Å². The molecule has 0 aromatic carbocycles. The van der Waals surface area contributed by atoms with Crippen LogP contribution in [0.4, 0.5) is 0 Å². The molecule has 10 nitrogen and oxygen atoms in total. The second kappa shape index (κ2) is 7.55. The summed E-state index contributed by atoms with van der Waals surface area (Å²) < 4.78 is 12.5. The molecular formula is C17H27N3O7Si. The molecule has 2 rings (SSSR count). The van der Waals surface area contributed by atoms with Crippen molar-refractivity contribution in [3.05, 3.63) is 33.1 Å². The van der Waals surface area contributed by atoms with Gasteiger partial charge in [-0.15, -0.1) is 0 Å². The SMILES string of the molecule is CC(C)(C)[Si](C)(C)OC[C@H]1O[C@@H](n2ccc(=O)[nH]c2=O)[C@](O)(C#N)[C@@H](O)[C@H]1O. The zero-order chi connectivity index (χ0) is 21.5. The minimum Gasteiger partial charge on any atom is -0.414 e. The van der Waals surface area contributed by atoms with Crippen LogP contribution in [0.5, 0.6) is 0 Å². The van der Waals surface area contributed by atoms with Crippen molar-refractivity contribution < 1.29 is 24.5 Å². The fraction of sp³-hybridized carbons (Fsp3) is 0.706. The Balaban J connectivity index is 2.38. The fourth-order valence-corrected chi connectivity index (χ4v) is 3.63. The maximum atomic E-state index is 12.1. The molecule has 4 N–H and O–H groups in total. The van der Waals surface area contributed by atoms with Gasteiger partial charge >= 0.3 is 5.69 Å². The number of ether oxygens (including phenoxy) is 1. The lowest BCUT2D eigenvalue weighted by atomic mass is 9.86. The molecule has 0 amide bonds. The van der Waals surface area contributed by atoms with Gasteiger partial charge in [-0.2, -0.15) is 5.26 Å². The summed E-state index contributed by atoms with van der Waals surface area (Å²) in [5.41, 5.74) is -4.22. The molecule has 1 aliphatic heterocycles. The van der Waals surface area contributed by atoms with Gasteiger partial charge in [0.05, 0.1) is 6.61 Å². The Morgan fingerprint density at radius 2 is 2.00 bits per heavy atom. The fourth-order valence-electron chi connectivity index (χ4n) is 2.62. The minimum absolute atomic E-state index is 0.106. The van der Waals surface area contributed by atoms with E-state index in [1.807, 2.05) is 38.8 Å². The van der Waals surface area contributed by atoms with Crippen LogP contribution in [0.15, 0.2) is 21.9 Å². The van der Waals surface area contributed by atoms with Crippen LogP contribution in [0.2, 0.25) is 18.1 Å². The van der Waals surface area contributed by atoms with E-state index < -0.39 is 49.7 Å². The predicted molar refractivity (Wildman–Crippen MR) is 101 cm³/mol. The van der Waals surface area contributed by atoms with Gasteiger partial charge in [-0.1, -0.05) is 20.8 Å². The third kappa shape index (κ3) is 3.98. The largest absolute Gasteiger partial charge is 0.414 e. The topological polar surface area (TPSA) is 158 Å². The Morgan fingerprint density at radius 3 is 2.50 bits per heavy atom. The lowest BCUT2D eigenvalue weighted by Gasteiger charge is -2.46. The van der Waals surface area contributed by atoms with Gasteiger partial charge in [0.1, 0.15) is 24.4 Å². The lowest BCUT2D eigenvalue weighted by Crippen LogP contribution is -2.65. The number of nitrogens with one attached hydrogen (secondary N) is 1. The van der Waals surface area contributed by atoms with E-state index in [2.05, 4.69) is 0 Å². The van der Waals surface area contributed by atoms with E-state index in [0.29, 0.717) is 0 Å². The van der Waals surface area contributed by atoms with Crippen molar-refractivity contribution in [2.24, 2.45) is 0 Å². The molecule has 5 atom stereocenters. The Bertz CT molecular complexity index is 869. The highest BCUT2D eigenvalue weighted by Crippen LogP contribution is 2.39. The summed E-state index contributed by atoms with van der Waals surface area (Å²) in [6.07, 6.45) is -5.27. The summed E-state index contributed by atoms with van der Waals surface area (Å²) in [6, 6.07) is 2.52. The molecular weight excluding hydrogens is 386 g/mol. The van der Waals surface area contributed by atoms with Gasteiger partial charge in [0, 0.05) is 12.3 Å². The van der Waals surface area contributed by atoms with Crippen molar-refractivity contribution >= 4 is 8.32 Å². The number of aliphatic hydroxyl groups is 3. The summed E-state index contributed by atoms with van der Waals surface area (Å²) in [5.74, 6) is 0. The molecule has 1 saturated heterocycles. The molecule has 0 bridgehead atoms. The average molecular weight is 414 g/mol. The molecule has 1 aromatic rings. The molecule has 11 heteroatoms. The maximum absolute atomic E-state index is 12.1. The van der Waals surface area contributed by atoms with Gasteiger partial charge in [-0.25, -0.2) is 4.79 Å². The number of nitriles is 1. The van der Waals surface area contributed by atoms with Gasteiger partial charge in [-0.3, -0.25) is 14.3 Å². The van der Waals surface area contributed by atoms with Gasteiger partial charge in [0.25, 0.3) is 5.56 Å². The number of aromatic nitrogens is 2. The van der Waals surface area contributed by atoms with Crippen LogP contribution in [0.1, 0.15) is 27.0 Å². The van der Waals surface area contributed by atoms with Gasteiger partial charge in [-0.05, 0) is 18.1 Å². The number of H-pyrrole nitrogens is 1. The van der Waals surface area contributed by atoms with Gasteiger partial charge in [0.2, 0.25) is 5.60 Å². The normalized spacial score (nSPS) is 31.4. The number of rotatable bonds is 4. The first-order chi connectivity index (χ1) is 12.7. The summed E-state index contributed by atoms with van der Waals surface area (Å²) in [6.45, 7) is 9.98. The Labute approximate surface area is 163 Å². The van der Waals surface area contributed by atoms with E-state index >= 15 is 0 Å². The van der Waals surface area contributed by atoms with Crippen molar-refractivity contribution in [3.63, 3.8) is 0 Å². The molecule has 1 aromatic heterocycles. The van der Waals surface area contributed by atoms with Crippen LogP contribution in [0.25, 0.3) is 0 Å². The third-order valence-electron chi connectivity index (χ3n) is 5.53. The highest BCUT2D eigenvalue weighted by Gasteiger charge is 2.57. The summed E-state index contributed by atoms with van der Waals surface area (Å²) >= 11 is 0. The summed E-state index contributed by atoms with van der Waals surface area (Å²) in [5, 5.41) is 40.7. The first kappa shape index (κ1) is 22.5. The first-order valence-corrected chi connectivity index (χ1v) is 11.8. The molecule has 156 valence electrons. The van der Waals surface area contributed by atoms with E-state index in [1.165, 1.54) is 6.07 Å². The van der Waals surface area contributed by atoms with Crippen LogP contribution >= 0.6 is 0 Å². The number of hydrogen-bond donors (Lipinski definition) is 4. The van der Waals surface area contributed by atoms with E-state index in [4.69, 9.17) is 9.16 Å². The molecule has 28 heavy (non-hydrogen) atoms. The molecule has 0 unspecified atom stereocenters. The molecule has 0 radical (unpaired) electrons. The highest BCUT2D eigenvalue weighted by atomic mass is 28.4. The standard InChI is InChI=1S/C17H27N3O7Si/c1-16(2,3)28(4,5)26-8-10-12(22)13(23)17(25,9-18)14(27-10)20-7-6-11(21)19-15(20)24/h6-7,10,12-14,22-23,25H,8H2,1-5H3,(H,19,21,24)/t10-,12+,13+,14-,17+/m1/s1. The number of hydrogen-bond acceptors (Lipinski definition) is 8. The summed E-state index contributed by atoms with van der Waals surface area (Å²) in [4.78, 5) is 25.4. The minimum atomic E-state index is -2.62. The Kier molecular flexibility index (Phi) is 6.06. The summed E-state index contributed by atoms with van der Waals surface area (Å²) in [7, 11) is -2.22. The van der Waals surface area contributed by atoms with Gasteiger partial charge < -0.3 is 24.5 Å². The van der Waals surface area contributed by atoms with Crippen molar-refractivity contribution in [1.82, 2.24) is 9.55 Å². The molecule has 1 fully saturated rings. The first-order valence-electron chi connectivity index (χ1n) is 8.85. The molecule has 2 heterocycles. The zero-order valence-corrected chi connectivity index (χ0v) is 17.5. The van der Waals surface area contributed by atoms with E-state index in [0.717, 1.165) is 16.8 Å². The van der Waals surface area contributed by atoms with Crippen molar-refractivity contribution in [2.75, 3.05) is 6.61 Å². The molecule has 0 aliphatic carbocycles. The molecule has 0 spiro atoms. The highest BCUT2D eigenvalue weighted by molar-refractivity contribution is 6.74. The van der Waals surface area contributed by atoms with E-state index in [1.54, 1.807) is 0 Å². The smallest absolute Gasteiger partial charge is 0.330 e. The van der Waals surface area contributed by atoms with Crippen molar-refractivity contribution in [2.45, 2.75) is 69.0 Å². The molecule has 0 saturated carbocycles. The predicted octanol–water partition coefficient (Wildman–Crippen LogP) is -0.568. The number of nitrogens with zero attached hydrogens (tertiary/aromatic N) is 2. The quantitative estimate of drug-likeness (QED) is 0.377. The van der Waals surface area contributed by atoms with Crippen LogP contribution in [0.3, 0.4) is 0 Å². The Morgan fingerprint density at radius 1 is 1.39 bits per heavy atom. The van der Waals surface area contributed by atoms with E-state index in [-0.39, 0.29) is 11.6 Å². The van der Waals surface area contributed by atoms with Crippen molar-refractivity contribution in [1.29, 1.82) is 5.26 Å². The van der Waals surface area contributed by atoms with Crippen LogP contribution in [-0.2, 0) is 9.16 Å². The zero-order valence-electron chi connectivity index (χ0n) is 16.5. The third-order valence-corrected chi connectivity index (χ3v) is 10.0. The van der Waals surface area contributed by atoms with Crippen LogP contribution in [0, 0.1) is 11.3 Å². The van der Waals surface area contributed by atoms with Gasteiger partial charge in [0.15, 0.2) is 14.5 Å². The monoisotopic (exact) mass is 413 g/mol. The number of aliphatic hydroxyl groups excluding tert-OH is 2. The Hall–Kier alpha value is -1.81. The van der Waals surface area contributed by atoms with Crippen LogP contribution in [-0.4, -0.2) is 63.7 Å². The average Bonchev–Trinajstić information content (AvgIpc) is 2.59. The maximum Gasteiger partial charge on any atom is 0.330 e. The van der Waals surface area contributed by atoms with Crippen LogP contribution < -0.4 is 11.2 Å². The molecule has 1 aliphatic rings.